The molecule has 0 spiro atoms. The highest BCUT2D eigenvalue weighted by Crippen LogP contribution is 2.44. The molecule has 0 atom stereocenters. The van der Waals surface area contributed by atoms with Crippen molar-refractivity contribution in [3.05, 3.63) is 29.3 Å². The SMILES string of the molecule is CCc1ccc(NC(=O)CC2(C(=O)O)CCC2)cc1CC. The molecule has 21 heavy (non-hydrogen) atoms. The molecule has 114 valence electrons. The molecule has 2 rings (SSSR count). The molecule has 0 radical (unpaired) electrons. The summed E-state index contributed by atoms with van der Waals surface area (Å²) in [5, 5.41) is 12.1. The highest BCUT2D eigenvalue weighted by Gasteiger charge is 2.45. The number of benzene rings is 1. The molecule has 1 aliphatic carbocycles. The smallest absolute Gasteiger partial charge is 0.310 e. The van der Waals surface area contributed by atoms with Gasteiger partial charge in [0.1, 0.15) is 0 Å². The largest absolute Gasteiger partial charge is 0.481 e. The maximum Gasteiger partial charge on any atom is 0.310 e. The van der Waals surface area contributed by atoms with E-state index in [1.807, 2.05) is 18.2 Å². The third-order valence-corrected chi connectivity index (χ3v) is 4.52. The van der Waals surface area contributed by atoms with Crippen LogP contribution in [0.15, 0.2) is 18.2 Å². The van der Waals surface area contributed by atoms with E-state index in [9.17, 15) is 14.7 Å². The highest BCUT2D eigenvalue weighted by molar-refractivity contribution is 5.94. The van der Waals surface area contributed by atoms with Crippen molar-refractivity contribution >= 4 is 17.6 Å². The van der Waals surface area contributed by atoms with Crippen molar-refractivity contribution in [1.29, 1.82) is 0 Å². The molecule has 0 aromatic heterocycles. The zero-order valence-corrected chi connectivity index (χ0v) is 12.7. The number of aliphatic carboxylic acids is 1. The van der Waals surface area contributed by atoms with E-state index in [-0.39, 0.29) is 12.3 Å². The zero-order chi connectivity index (χ0) is 15.5. The Labute approximate surface area is 125 Å². The van der Waals surface area contributed by atoms with Gasteiger partial charge in [0.05, 0.1) is 5.41 Å². The number of hydrogen-bond donors (Lipinski definition) is 2. The van der Waals surface area contributed by atoms with Crippen LogP contribution in [0.5, 0.6) is 0 Å². The number of nitrogens with one attached hydrogen (secondary N) is 1. The van der Waals surface area contributed by atoms with Crippen LogP contribution in [-0.4, -0.2) is 17.0 Å². The van der Waals surface area contributed by atoms with Gasteiger partial charge >= 0.3 is 5.97 Å². The van der Waals surface area contributed by atoms with Crippen LogP contribution in [0.1, 0.15) is 50.7 Å². The lowest BCUT2D eigenvalue weighted by molar-refractivity contribution is -0.157. The second-order valence-corrected chi connectivity index (χ2v) is 5.85. The summed E-state index contributed by atoms with van der Waals surface area (Å²) in [6.45, 7) is 4.20. The van der Waals surface area contributed by atoms with Gasteiger partial charge in [0, 0.05) is 12.1 Å². The second-order valence-electron chi connectivity index (χ2n) is 5.85. The first-order valence-electron chi connectivity index (χ1n) is 7.66. The average Bonchev–Trinajstić information content (AvgIpc) is 2.42. The summed E-state index contributed by atoms with van der Waals surface area (Å²) in [6.07, 6.45) is 4.06. The number of carboxylic acids is 1. The Hall–Kier alpha value is -1.84. The van der Waals surface area contributed by atoms with E-state index >= 15 is 0 Å². The first-order chi connectivity index (χ1) is 10.0. The second kappa shape index (κ2) is 6.29. The molecule has 1 aromatic rings. The molecule has 0 bridgehead atoms. The molecule has 1 amide bonds. The minimum absolute atomic E-state index is 0.0688. The molecule has 0 saturated heterocycles. The monoisotopic (exact) mass is 289 g/mol. The fourth-order valence-corrected chi connectivity index (χ4v) is 2.96. The van der Waals surface area contributed by atoms with Gasteiger partial charge in [-0.3, -0.25) is 9.59 Å². The number of amides is 1. The number of rotatable bonds is 6. The van der Waals surface area contributed by atoms with Gasteiger partial charge < -0.3 is 10.4 Å². The maximum absolute atomic E-state index is 12.1. The summed E-state index contributed by atoms with van der Waals surface area (Å²) in [7, 11) is 0. The maximum atomic E-state index is 12.1. The third kappa shape index (κ3) is 3.26. The zero-order valence-electron chi connectivity index (χ0n) is 12.7. The summed E-state index contributed by atoms with van der Waals surface area (Å²) < 4.78 is 0. The third-order valence-electron chi connectivity index (χ3n) is 4.52. The number of anilines is 1. The standard InChI is InChI=1S/C17H23NO3/c1-3-12-6-7-14(10-13(12)4-2)18-15(19)11-17(16(20)21)8-5-9-17/h6-7,10H,3-5,8-9,11H2,1-2H3,(H,18,19)(H,20,21). The Morgan fingerprint density at radius 1 is 1.19 bits per heavy atom. The minimum Gasteiger partial charge on any atom is -0.481 e. The fourth-order valence-electron chi connectivity index (χ4n) is 2.96. The Balaban J connectivity index is 2.04. The normalized spacial score (nSPS) is 16.1. The van der Waals surface area contributed by atoms with Gasteiger partial charge in [-0.1, -0.05) is 26.3 Å². The van der Waals surface area contributed by atoms with Crippen molar-refractivity contribution in [1.82, 2.24) is 0 Å². The molecule has 1 saturated carbocycles. The van der Waals surface area contributed by atoms with Gasteiger partial charge in [-0.15, -0.1) is 0 Å². The number of hydrogen-bond acceptors (Lipinski definition) is 2. The van der Waals surface area contributed by atoms with Crippen molar-refractivity contribution in [3.63, 3.8) is 0 Å². The van der Waals surface area contributed by atoms with Crippen LogP contribution in [0, 0.1) is 5.41 Å². The predicted octanol–water partition coefficient (Wildman–Crippen LogP) is 3.39. The molecule has 0 heterocycles. The van der Waals surface area contributed by atoms with Crippen molar-refractivity contribution in [3.8, 4) is 0 Å². The van der Waals surface area contributed by atoms with Crippen LogP contribution in [0.2, 0.25) is 0 Å². The Morgan fingerprint density at radius 3 is 2.33 bits per heavy atom. The lowest BCUT2D eigenvalue weighted by Crippen LogP contribution is -2.41. The van der Waals surface area contributed by atoms with E-state index in [2.05, 4.69) is 19.2 Å². The van der Waals surface area contributed by atoms with Crippen molar-refractivity contribution in [2.24, 2.45) is 5.41 Å². The van der Waals surface area contributed by atoms with Crippen LogP contribution >= 0.6 is 0 Å². The molecule has 1 fully saturated rings. The predicted molar refractivity (Wildman–Crippen MR) is 82.4 cm³/mol. The number of aryl methyl sites for hydroxylation is 2. The highest BCUT2D eigenvalue weighted by atomic mass is 16.4. The van der Waals surface area contributed by atoms with E-state index in [0.717, 1.165) is 24.9 Å². The number of carboxylic acid groups (broad SMARTS) is 1. The van der Waals surface area contributed by atoms with Crippen molar-refractivity contribution < 1.29 is 14.7 Å². The molecule has 0 aliphatic heterocycles. The summed E-state index contributed by atoms with van der Waals surface area (Å²) in [4.78, 5) is 23.4. The molecule has 1 aromatic carbocycles. The van der Waals surface area contributed by atoms with Crippen LogP contribution in [-0.2, 0) is 22.4 Å². The first kappa shape index (κ1) is 15.5. The van der Waals surface area contributed by atoms with Gasteiger partial charge in [-0.05, 0) is 48.9 Å². The topological polar surface area (TPSA) is 66.4 Å². The summed E-state index contributed by atoms with van der Waals surface area (Å²) in [5.74, 6) is -1.05. The molecular weight excluding hydrogens is 266 g/mol. The van der Waals surface area contributed by atoms with E-state index in [4.69, 9.17) is 0 Å². The first-order valence-corrected chi connectivity index (χ1v) is 7.66. The van der Waals surface area contributed by atoms with Crippen LogP contribution in [0.3, 0.4) is 0 Å². The lowest BCUT2D eigenvalue weighted by atomic mass is 9.66. The Morgan fingerprint density at radius 2 is 1.86 bits per heavy atom. The summed E-state index contributed by atoms with van der Waals surface area (Å²) in [6, 6.07) is 5.92. The van der Waals surface area contributed by atoms with E-state index in [1.165, 1.54) is 11.1 Å². The van der Waals surface area contributed by atoms with Crippen molar-refractivity contribution in [2.45, 2.75) is 52.4 Å². The van der Waals surface area contributed by atoms with Gasteiger partial charge in [-0.2, -0.15) is 0 Å². The lowest BCUT2D eigenvalue weighted by Gasteiger charge is -2.36. The minimum atomic E-state index is -0.848. The van der Waals surface area contributed by atoms with E-state index < -0.39 is 11.4 Å². The summed E-state index contributed by atoms with van der Waals surface area (Å²) >= 11 is 0. The van der Waals surface area contributed by atoms with Gasteiger partial charge in [0.25, 0.3) is 0 Å². The Kier molecular flexibility index (Phi) is 4.66. The molecular formula is C17H23NO3. The van der Waals surface area contributed by atoms with Crippen molar-refractivity contribution in [2.75, 3.05) is 5.32 Å². The summed E-state index contributed by atoms with van der Waals surface area (Å²) in [5.41, 5.74) is 2.44. The quantitative estimate of drug-likeness (QED) is 0.843. The van der Waals surface area contributed by atoms with E-state index in [0.29, 0.717) is 12.8 Å². The molecule has 4 heteroatoms. The average molecular weight is 289 g/mol. The van der Waals surface area contributed by atoms with E-state index in [1.54, 1.807) is 0 Å². The van der Waals surface area contributed by atoms with Gasteiger partial charge in [0.2, 0.25) is 5.91 Å². The van der Waals surface area contributed by atoms with Crippen LogP contribution < -0.4 is 5.32 Å². The van der Waals surface area contributed by atoms with Crippen LogP contribution in [0.25, 0.3) is 0 Å². The molecule has 1 aliphatic rings. The molecule has 4 nitrogen and oxygen atoms in total. The van der Waals surface area contributed by atoms with Crippen LogP contribution in [0.4, 0.5) is 5.69 Å². The number of carbonyl (C=O) groups excluding carboxylic acids is 1. The van der Waals surface area contributed by atoms with Gasteiger partial charge in [-0.25, -0.2) is 0 Å². The fraction of sp³-hybridized carbons (Fsp3) is 0.529. The number of carbonyl (C=O) groups is 2. The van der Waals surface area contributed by atoms with Gasteiger partial charge in [0.15, 0.2) is 0 Å². The Bertz CT molecular complexity index is 547. The molecule has 2 N–H and O–H groups in total. The molecule has 0 unspecified atom stereocenters.